The Morgan fingerprint density at radius 1 is 1.13 bits per heavy atom. The summed E-state index contributed by atoms with van der Waals surface area (Å²) in [5, 5.41) is 2.60. The van der Waals surface area contributed by atoms with Crippen LogP contribution in [0.3, 0.4) is 0 Å². The monoisotopic (exact) mass is 448 g/mol. The van der Waals surface area contributed by atoms with Gasteiger partial charge in [-0.2, -0.15) is 4.31 Å². The lowest BCUT2D eigenvalue weighted by Crippen LogP contribution is -2.40. The number of nitrogens with zero attached hydrogens (tertiary/aromatic N) is 1. The Morgan fingerprint density at radius 3 is 2.42 bits per heavy atom. The van der Waals surface area contributed by atoms with Gasteiger partial charge in [-0.25, -0.2) is 13.2 Å². The van der Waals surface area contributed by atoms with Crippen molar-refractivity contribution in [1.29, 1.82) is 0 Å². The molecule has 1 fully saturated rings. The van der Waals surface area contributed by atoms with Crippen molar-refractivity contribution in [3.05, 3.63) is 54.0 Å². The summed E-state index contributed by atoms with van der Waals surface area (Å²) in [6.07, 6.45) is 1.58. The molecular formula is C21H24N2O7S. The first-order valence-electron chi connectivity index (χ1n) is 9.69. The maximum atomic E-state index is 12.6. The van der Waals surface area contributed by atoms with E-state index in [0.717, 1.165) is 0 Å². The molecule has 166 valence electrons. The molecule has 3 rings (SSSR count). The molecule has 0 saturated carbocycles. The van der Waals surface area contributed by atoms with Crippen molar-refractivity contribution in [2.75, 3.05) is 31.6 Å². The summed E-state index contributed by atoms with van der Waals surface area (Å²) in [6.45, 7) is 4.55. The molecule has 2 aromatic rings. The maximum absolute atomic E-state index is 12.6. The van der Waals surface area contributed by atoms with Gasteiger partial charge in [0.15, 0.2) is 6.10 Å². The second kappa shape index (κ2) is 9.90. The summed E-state index contributed by atoms with van der Waals surface area (Å²) in [5.41, 5.74) is 0.385. The summed E-state index contributed by atoms with van der Waals surface area (Å²) >= 11 is 0. The first-order valence-corrected chi connectivity index (χ1v) is 11.1. The molecule has 2 heterocycles. The molecule has 10 heteroatoms. The number of esters is 1. The van der Waals surface area contributed by atoms with Crippen molar-refractivity contribution >= 4 is 33.7 Å². The van der Waals surface area contributed by atoms with Crippen LogP contribution in [0.5, 0.6) is 0 Å². The van der Waals surface area contributed by atoms with E-state index in [0.29, 0.717) is 43.5 Å². The highest BCUT2D eigenvalue weighted by atomic mass is 32.2. The molecule has 1 saturated heterocycles. The number of sulfonamides is 1. The van der Waals surface area contributed by atoms with Gasteiger partial charge in [0.25, 0.3) is 5.91 Å². The third-order valence-corrected chi connectivity index (χ3v) is 6.45. The Bertz CT molecular complexity index is 1050. The molecule has 1 amide bonds. The van der Waals surface area contributed by atoms with E-state index < -0.39 is 28.0 Å². The highest BCUT2D eigenvalue weighted by Crippen LogP contribution is 2.19. The lowest BCUT2D eigenvalue weighted by molar-refractivity contribution is -0.148. The third-order valence-electron chi connectivity index (χ3n) is 4.54. The Kier molecular flexibility index (Phi) is 7.26. The minimum atomic E-state index is -3.61. The number of rotatable bonds is 7. The topological polar surface area (TPSA) is 115 Å². The van der Waals surface area contributed by atoms with E-state index in [9.17, 15) is 18.0 Å². The molecule has 0 bridgehead atoms. The van der Waals surface area contributed by atoms with E-state index >= 15 is 0 Å². The predicted octanol–water partition coefficient (Wildman–Crippen LogP) is 2.19. The van der Waals surface area contributed by atoms with E-state index in [1.807, 2.05) is 0 Å². The summed E-state index contributed by atoms with van der Waals surface area (Å²) in [6, 6.07) is 9.28. The molecule has 9 nitrogen and oxygen atoms in total. The zero-order valence-corrected chi connectivity index (χ0v) is 18.1. The van der Waals surface area contributed by atoms with Crippen LogP contribution in [0, 0.1) is 6.92 Å². The number of anilines is 1. The van der Waals surface area contributed by atoms with Crippen LogP contribution in [0.2, 0.25) is 0 Å². The number of hydrogen-bond acceptors (Lipinski definition) is 7. The van der Waals surface area contributed by atoms with E-state index in [1.54, 1.807) is 19.1 Å². The van der Waals surface area contributed by atoms with Crippen molar-refractivity contribution in [1.82, 2.24) is 4.31 Å². The highest BCUT2D eigenvalue weighted by Gasteiger charge is 2.26. The predicted molar refractivity (Wildman–Crippen MR) is 113 cm³/mol. The number of ether oxygens (including phenoxy) is 2. The average molecular weight is 448 g/mol. The van der Waals surface area contributed by atoms with Crippen molar-refractivity contribution < 1.29 is 31.9 Å². The smallest absolute Gasteiger partial charge is 0.331 e. The van der Waals surface area contributed by atoms with Crippen LogP contribution in [0.15, 0.2) is 51.8 Å². The van der Waals surface area contributed by atoms with Crippen molar-refractivity contribution in [2.45, 2.75) is 24.8 Å². The van der Waals surface area contributed by atoms with Gasteiger partial charge in [-0.3, -0.25) is 4.79 Å². The number of morpholine rings is 1. The van der Waals surface area contributed by atoms with Gasteiger partial charge in [0.1, 0.15) is 11.5 Å². The van der Waals surface area contributed by atoms with Crippen molar-refractivity contribution in [2.24, 2.45) is 0 Å². The SMILES string of the molecule is Cc1ccc(/C=C/C(=O)OC(C)C(=O)Nc2ccc(S(=O)(=O)N3CCOCC3)cc2)o1. The maximum Gasteiger partial charge on any atom is 0.331 e. The second-order valence-electron chi connectivity index (χ2n) is 6.89. The van der Waals surface area contributed by atoms with Gasteiger partial charge in [0, 0.05) is 24.9 Å². The van der Waals surface area contributed by atoms with Gasteiger partial charge in [-0.15, -0.1) is 0 Å². The molecule has 0 spiro atoms. The fraction of sp³-hybridized carbons (Fsp3) is 0.333. The summed E-state index contributed by atoms with van der Waals surface area (Å²) < 4.78 is 42.2. The molecule has 1 aliphatic rings. The Labute approximate surface area is 180 Å². The molecule has 31 heavy (non-hydrogen) atoms. The standard InChI is InChI=1S/C21H24N2O7S/c1-15-3-6-18(29-15)7-10-20(24)30-16(2)21(25)22-17-4-8-19(9-5-17)31(26,27)23-11-13-28-14-12-23/h3-10,16H,11-14H2,1-2H3,(H,22,25)/b10-7+. The Morgan fingerprint density at radius 2 is 1.81 bits per heavy atom. The summed E-state index contributed by atoms with van der Waals surface area (Å²) in [4.78, 5) is 24.3. The quantitative estimate of drug-likeness (QED) is 0.510. The molecule has 1 aromatic heterocycles. The molecular weight excluding hydrogens is 424 g/mol. The number of nitrogens with one attached hydrogen (secondary N) is 1. The van der Waals surface area contributed by atoms with E-state index in [2.05, 4.69) is 5.32 Å². The van der Waals surface area contributed by atoms with Crippen molar-refractivity contribution in [3.63, 3.8) is 0 Å². The largest absolute Gasteiger partial charge is 0.462 e. The number of amides is 1. The van der Waals surface area contributed by atoms with Crippen LogP contribution < -0.4 is 5.32 Å². The molecule has 1 N–H and O–H groups in total. The van der Waals surface area contributed by atoms with E-state index in [4.69, 9.17) is 13.9 Å². The van der Waals surface area contributed by atoms with Crippen LogP contribution >= 0.6 is 0 Å². The van der Waals surface area contributed by atoms with Gasteiger partial charge < -0.3 is 19.2 Å². The first-order chi connectivity index (χ1) is 14.8. The van der Waals surface area contributed by atoms with Crippen LogP contribution in [-0.2, 0) is 29.1 Å². The van der Waals surface area contributed by atoms with Gasteiger partial charge in [-0.05, 0) is 56.3 Å². The molecule has 0 radical (unpaired) electrons. The third kappa shape index (κ3) is 6.03. The fourth-order valence-electron chi connectivity index (χ4n) is 2.85. The zero-order valence-electron chi connectivity index (χ0n) is 17.2. The van der Waals surface area contributed by atoms with E-state index in [-0.39, 0.29) is 4.90 Å². The van der Waals surface area contributed by atoms with Gasteiger partial charge in [-0.1, -0.05) is 0 Å². The number of furan rings is 1. The Hall–Kier alpha value is -2.95. The van der Waals surface area contributed by atoms with Gasteiger partial charge >= 0.3 is 5.97 Å². The zero-order chi connectivity index (χ0) is 22.4. The number of benzene rings is 1. The average Bonchev–Trinajstić information content (AvgIpc) is 3.18. The number of hydrogen-bond donors (Lipinski definition) is 1. The minimum absolute atomic E-state index is 0.130. The minimum Gasteiger partial charge on any atom is -0.462 e. The normalized spacial score (nSPS) is 16.2. The second-order valence-corrected chi connectivity index (χ2v) is 8.83. The van der Waals surface area contributed by atoms with Gasteiger partial charge in [0.05, 0.1) is 18.1 Å². The molecule has 1 unspecified atom stereocenters. The highest BCUT2D eigenvalue weighted by molar-refractivity contribution is 7.89. The summed E-state index contributed by atoms with van der Waals surface area (Å²) in [5.74, 6) is -0.0220. The van der Waals surface area contributed by atoms with E-state index in [1.165, 1.54) is 47.6 Å². The lowest BCUT2D eigenvalue weighted by atomic mass is 10.3. The first kappa shape index (κ1) is 22.7. The number of carbonyl (C=O) groups is 2. The number of aryl methyl sites for hydroxylation is 1. The molecule has 1 atom stereocenters. The summed E-state index contributed by atoms with van der Waals surface area (Å²) in [7, 11) is -3.61. The number of carbonyl (C=O) groups excluding carboxylic acids is 2. The van der Waals surface area contributed by atoms with Crippen LogP contribution in [-0.4, -0.2) is 57.0 Å². The fourth-order valence-corrected chi connectivity index (χ4v) is 4.26. The van der Waals surface area contributed by atoms with Crippen LogP contribution in [0.25, 0.3) is 6.08 Å². The molecule has 0 aliphatic carbocycles. The molecule has 1 aliphatic heterocycles. The molecule has 1 aromatic carbocycles. The van der Waals surface area contributed by atoms with Crippen molar-refractivity contribution in [3.8, 4) is 0 Å². The van der Waals surface area contributed by atoms with Gasteiger partial charge in [0.2, 0.25) is 10.0 Å². The van der Waals surface area contributed by atoms with Crippen LogP contribution in [0.4, 0.5) is 5.69 Å². The Balaban J connectivity index is 1.54. The van der Waals surface area contributed by atoms with Crippen LogP contribution in [0.1, 0.15) is 18.4 Å². The lowest BCUT2D eigenvalue weighted by Gasteiger charge is -2.26.